The molecule has 1 aromatic heterocycles. The van der Waals surface area contributed by atoms with Gasteiger partial charge in [-0.2, -0.15) is 0 Å². The number of thioether (sulfide) groups is 1. The molecule has 8 heteroatoms. The van der Waals surface area contributed by atoms with E-state index in [1.54, 1.807) is 30.5 Å². The molecule has 0 aliphatic carbocycles. The van der Waals surface area contributed by atoms with Gasteiger partial charge in [0.1, 0.15) is 17.1 Å². The average molecular weight is 386 g/mol. The summed E-state index contributed by atoms with van der Waals surface area (Å²) >= 11 is 1.46. The van der Waals surface area contributed by atoms with Gasteiger partial charge < -0.3 is 15.8 Å². The number of aliphatic imine (C=N–C) groups is 1. The van der Waals surface area contributed by atoms with Crippen LogP contribution in [0.25, 0.3) is 0 Å². The van der Waals surface area contributed by atoms with Crippen LogP contribution in [0.2, 0.25) is 0 Å². The molecule has 3 atom stereocenters. The molecular weight excluding hydrogens is 367 g/mol. The number of carbonyl (C=O) groups excluding carboxylic acids is 1. The quantitative estimate of drug-likeness (QED) is 0.847. The van der Waals surface area contributed by atoms with Gasteiger partial charge in [-0.3, -0.25) is 9.78 Å². The number of amides is 1. The molecule has 0 bridgehead atoms. The molecule has 27 heavy (non-hydrogen) atoms. The molecule has 1 amide bonds. The van der Waals surface area contributed by atoms with Gasteiger partial charge in [0.15, 0.2) is 5.17 Å². The van der Waals surface area contributed by atoms with E-state index >= 15 is 0 Å². The average Bonchev–Trinajstić information content (AvgIpc) is 3.00. The van der Waals surface area contributed by atoms with Gasteiger partial charge in [0.25, 0.3) is 5.91 Å². The molecular formula is C19H19FN4O2S. The number of nitrogens with zero attached hydrogens (tertiary/aromatic N) is 2. The number of rotatable bonds is 3. The zero-order valence-electron chi connectivity index (χ0n) is 14.7. The van der Waals surface area contributed by atoms with Crippen LogP contribution in [0.1, 0.15) is 23.0 Å². The highest BCUT2D eigenvalue weighted by atomic mass is 32.2. The summed E-state index contributed by atoms with van der Waals surface area (Å²) in [5.41, 5.74) is 6.24. The van der Waals surface area contributed by atoms with Gasteiger partial charge in [0.2, 0.25) is 0 Å². The van der Waals surface area contributed by atoms with Crippen LogP contribution >= 0.6 is 11.8 Å². The van der Waals surface area contributed by atoms with Crippen molar-refractivity contribution in [2.45, 2.75) is 18.6 Å². The number of ether oxygens (including phenoxy) is 1. The number of hydrogen-bond acceptors (Lipinski definition) is 6. The van der Waals surface area contributed by atoms with Crippen molar-refractivity contribution in [2.24, 2.45) is 16.6 Å². The largest absolute Gasteiger partial charge is 0.379 e. The van der Waals surface area contributed by atoms with E-state index in [-0.39, 0.29) is 30.2 Å². The third-order valence-corrected chi connectivity index (χ3v) is 5.97. The summed E-state index contributed by atoms with van der Waals surface area (Å²) in [6.45, 7) is 2.23. The van der Waals surface area contributed by atoms with Crippen molar-refractivity contribution in [1.29, 1.82) is 0 Å². The first-order valence-electron chi connectivity index (χ1n) is 8.62. The molecule has 1 aromatic carbocycles. The van der Waals surface area contributed by atoms with Gasteiger partial charge in [0.05, 0.1) is 12.7 Å². The molecule has 0 radical (unpaired) electrons. The van der Waals surface area contributed by atoms with E-state index in [1.165, 1.54) is 23.9 Å². The Bertz CT molecular complexity index is 908. The number of amidine groups is 1. The van der Waals surface area contributed by atoms with Crippen molar-refractivity contribution in [3.05, 3.63) is 59.7 Å². The molecule has 2 aliphatic heterocycles. The Labute approximate surface area is 160 Å². The topological polar surface area (TPSA) is 89.6 Å². The summed E-state index contributed by atoms with van der Waals surface area (Å²) in [6.07, 6.45) is 1.49. The second-order valence-corrected chi connectivity index (χ2v) is 7.71. The minimum atomic E-state index is -0.870. The van der Waals surface area contributed by atoms with Crippen LogP contribution in [0, 0.1) is 11.7 Å². The fraction of sp³-hybridized carbons (Fsp3) is 0.316. The number of aromatic nitrogens is 1. The summed E-state index contributed by atoms with van der Waals surface area (Å²) in [4.78, 5) is 21.0. The molecule has 0 unspecified atom stereocenters. The third kappa shape index (κ3) is 3.19. The normalized spacial score (nSPS) is 27.0. The number of carbonyl (C=O) groups is 1. The van der Waals surface area contributed by atoms with Crippen LogP contribution in [0.4, 0.5) is 10.1 Å². The second kappa shape index (κ2) is 6.94. The van der Waals surface area contributed by atoms with E-state index in [0.717, 1.165) is 0 Å². The zero-order chi connectivity index (χ0) is 19.0. The van der Waals surface area contributed by atoms with E-state index in [9.17, 15) is 9.18 Å². The Kier molecular flexibility index (Phi) is 4.61. The Hall–Kier alpha value is -2.45. The minimum absolute atomic E-state index is 0.00559. The van der Waals surface area contributed by atoms with E-state index in [1.807, 2.05) is 6.92 Å². The molecule has 0 saturated carbocycles. The fourth-order valence-electron chi connectivity index (χ4n) is 3.63. The number of benzene rings is 1. The van der Waals surface area contributed by atoms with Gasteiger partial charge in [-0.25, -0.2) is 9.38 Å². The lowest BCUT2D eigenvalue weighted by atomic mass is 9.79. The van der Waals surface area contributed by atoms with E-state index in [0.29, 0.717) is 22.2 Å². The number of halogens is 1. The van der Waals surface area contributed by atoms with Gasteiger partial charge in [-0.15, -0.1) is 0 Å². The first-order valence-corrected chi connectivity index (χ1v) is 9.60. The predicted octanol–water partition coefficient (Wildman–Crippen LogP) is 2.76. The number of hydrogen-bond donors (Lipinski definition) is 2. The summed E-state index contributed by atoms with van der Waals surface area (Å²) in [7, 11) is 0. The van der Waals surface area contributed by atoms with Crippen molar-refractivity contribution < 1.29 is 13.9 Å². The second-order valence-electron chi connectivity index (χ2n) is 6.67. The molecule has 4 rings (SSSR count). The summed E-state index contributed by atoms with van der Waals surface area (Å²) in [5, 5.41) is 3.19. The molecule has 1 saturated heterocycles. The standard InChI is InChI=1S/C19H19FN4O2S/c1-11-14-9-27-18(21)24-19(14,10-26-11)13-8-12(5-6-15(13)20)23-17(25)16-4-2-3-7-22-16/h2-8,11,14H,9-10H2,1H3,(H2,21,24)(H,23,25)/t11-,14+,19-/m0/s1. The highest BCUT2D eigenvalue weighted by Crippen LogP contribution is 2.48. The van der Waals surface area contributed by atoms with Crippen LogP contribution in [-0.2, 0) is 10.3 Å². The molecule has 6 nitrogen and oxygen atoms in total. The van der Waals surface area contributed by atoms with Crippen LogP contribution < -0.4 is 11.1 Å². The molecule has 2 aromatic rings. The Morgan fingerprint density at radius 3 is 3.04 bits per heavy atom. The lowest BCUT2D eigenvalue weighted by Crippen LogP contribution is -2.41. The first kappa shape index (κ1) is 17.9. The van der Waals surface area contributed by atoms with E-state index in [2.05, 4.69) is 15.3 Å². The molecule has 140 valence electrons. The maximum Gasteiger partial charge on any atom is 0.274 e. The Balaban J connectivity index is 1.70. The zero-order valence-corrected chi connectivity index (χ0v) is 15.5. The van der Waals surface area contributed by atoms with Crippen molar-refractivity contribution in [3.63, 3.8) is 0 Å². The number of nitrogens with two attached hydrogens (primary N) is 1. The van der Waals surface area contributed by atoms with Crippen molar-refractivity contribution >= 4 is 28.5 Å². The van der Waals surface area contributed by atoms with Gasteiger partial charge >= 0.3 is 0 Å². The minimum Gasteiger partial charge on any atom is -0.379 e. The lowest BCUT2D eigenvalue weighted by Gasteiger charge is -2.35. The highest BCUT2D eigenvalue weighted by Gasteiger charge is 2.52. The van der Waals surface area contributed by atoms with Crippen LogP contribution in [-0.4, -0.2) is 34.5 Å². The van der Waals surface area contributed by atoms with Gasteiger partial charge in [-0.1, -0.05) is 17.8 Å². The molecule has 0 spiro atoms. The molecule has 3 N–H and O–H groups in total. The highest BCUT2D eigenvalue weighted by molar-refractivity contribution is 8.13. The van der Waals surface area contributed by atoms with E-state index < -0.39 is 11.4 Å². The lowest BCUT2D eigenvalue weighted by molar-refractivity contribution is 0.102. The maximum atomic E-state index is 14.8. The molecule has 1 fully saturated rings. The van der Waals surface area contributed by atoms with Crippen molar-refractivity contribution in [1.82, 2.24) is 4.98 Å². The van der Waals surface area contributed by atoms with Gasteiger partial charge in [-0.05, 0) is 37.3 Å². The number of nitrogens with one attached hydrogen (secondary N) is 1. The summed E-state index contributed by atoms with van der Waals surface area (Å²) < 4.78 is 20.6. The van der Waals surface area contributed by atoms with Gasteiger partial charge in [0, 0.05) is 29.1 Å². The Morgan fingerprint density at radius 2 is 2.26 bits per heavy atom. The van der Waals surface area contributed by atoms with Crippen molar-refractivity contribution in [2.75, 3.05) is 17.7 Å². The van der Waals surface area contributed by atoms with Crippen LogP contribution in [0.5, 0.6) is 0 Å². The number of pyridine rings is 1. The van der Waals surface area contributed by atoms with Crippen molar-refractivity contribution in [3.8, 4) is 0 Å². The fourth-order valence-corrected chi connectivity index (χ4v) is 4.75. The smallest absolute Gasteiger partial charge is 0.274 e. The van der Waals surface area contributed by atoms with Crippen LogP contribution in [0.3, 0.4) is 0 Å². The third-order valence-electron chi connectivity index (χ3n) is 5.05. The van der Waals surface area contributed by atoms with Crippen LogP contribution in [0.15, 0.2) is 47.6 Å². The summed E-state index contributed by atoms with van der Waals surface area (Å²) in [6, 6.07) is 9.56. The molecule has 2 aliphatic rings. The Morgan fingerprint density at radius 1 is 1.41 bits per heavy atom. The first-order chi connectivity index (χ1) is 13.0. The monoisotopic (exact) mass is 386 g/mol. The number of anilines is 1. The predicted molar refractivity (Wildman–Crippen MR) is 103 cm³/mol. The number of fused-ring (bicyclic) bond motifs is 1. The maximum absolute atomic E-state index is 14.8. The SMILES string of the molecule is C[C@@H]1OC[C@@]2(c3cc(NC(=O)c4ccccn4)ccc3F)N=C(N)SC[C@H]12. The molecule has 3 heterocycles. The summed E-state index contributed by atoms with van der Waals surface area (Å²) in [5.74, 6) is -0.0380. The van der Waals surface area contributed by atoms with E-state index in [4.69, 9.17) is 10.5 Å².